The number of benzene rings is 2. The van der Waals surface area contributed by atoms with Crippen LogP contribution in [0.5, 0.6) is 28.7 Å². The van der Waals surface area contributed by atoms with Gasteiger partial charge in [-0.15, -0.1) is 0 Å². The van der Waals surface area contributed by atoms with Crippen molar-refractivity contribution in [2.45, 2.75) is 33.7 Å². The molecule has 0 saturated heterocycles. The molecular weight excluding hydrogens is 576 g/mol. The number of ether oxygens (including phenoxy) is 6. The maximum Gasteiger partial charge on any atom is 0.338 e. The monoisotopic (exact) mass is 610 g/mol. The van der Waals surface area contributed by atoms with Gasteiger partial charge in [0.1, 0.15) is 0 Å². The molecule has 1 aliphatic rings. The number of allylic oxidation sites excluding steroid dienone is 1. The van der Waals surface area contributed by atoms with Crippen LogP contribution >= 0.6 is 11.3 Å². The zero-order valence-electron chi connectivity index (χ0n) is 25.3. The lowest BCUT2D eigenvalue weighted by molar-refractivity contribution is -0.140. The van der Waals surface area contributed by atoms with E-state index in [1.807, 2.05) is 13.8 Å². The van der Waals surface area contributed by atoms with E-state index in [9.17, 15) is 14.4 Å². The van der Waals surface area contributed by atoms with E-state index in [0.29, 0.717) is 43.4 Å². The Morgan fingerprint density at radius 3 is 2.19 bits per heavy atom. The van der Waals surface area contributed by atoms with Gasteiger partial charge in [-0.3, -0.25) is 14.2 Å². The molecule has 3 aromatic rings. The first-order valence-corrected chi connectivity index (χ1v) is 14.2. The van der Waals surface area contributed by atoms with E-state index in [1.54, 1.807) is 43.3 Å². The number of methoxy groups -OCH3 is 4. The summed E-state index contributed by atoms with van der Waals surface area (Å²) >= 11 is 1.18. The molecule has 2 heterocycles. The maximum atomic E-state index is 14.1. The van der Waals surface area contributed by atoms with Crippen molar-refractivity contribution in [2.24, 2.45) is 10.9 Å². The minimum Gasteiger partial charge on any atom is -0.493 e. The van der Waals surface area contributed by atoms with E-state index in [0.717, 1.165) is 0 Å². The highest BCUT2D eigenvalue weighted by atomic mass is 32.1. The van der Waals surface area contributed by atoms with Gasteiger partial charge in [0.05, 0.1) is 56.9 Å². The van der Waals surface area contributed by atoms with Crippen LogP contribution in [0.4, 0.5) is 0 Å². The van der Waals surface area contributed by atoms with Gasteiger partial charge in [0.25, 0.3) is 5.56 Å². The topological polar surface area (TPSA) is 124 Å². The van der Waals surface area contributed by atoms with Crippen molar-refractivity contribution in [2.75, 3.05) is 35.0 Å². The highest BCUT2D eigenvalue weighted by Crippen LogP contribution is 2.39. The average molecular weight is 611 g/mol. The third-order valence-electron chi connectivity index (χ3n) is 6.53. The van der Waals surface area contributed by atoms with Gasteiger partial charge in [0.15, 0.2) is 27.8 Å². The van der Waals surface area contributed by atoms with Gasteiger partial charge < -0.3 is 28.4 Å². The van der Waals surface area contributed by atoms with Gasteiger partial charge in [-0.05, 0) is 54.3 Å². The third-order valence-corrected chi connectivity index (χ3v) is 7.51. The number of carbonyl (C=O) groups is 2. The fourth-order valence-electron chi connectivity index (χ4n) is 4.65. The van der Waals surface area contributed by atoms with Crippen LogP contribution < -0.4 is 38.6 Å². The molecule has 0 spiro atoms. The molecule has 2 aromatic carbocycles. The first kappa shape index (κ1) is 31.4. The van der Waals surface area contributed by atoms with Gasteiger partial charge in [-0.25, -0.2) is 9.79 Å². The second-order valence-corrected chi connectivity index (χ2v) is 11.0. The number of rotatable bonds is 10. The number of nitrogens with zero attached hydrogens (tertiary/aromatic N) is 2. The zero-order valence-corrected chi connectivity index (χ0v) is 26.1. The Balaban J connectivity index is 1.94. The Hall–Kier alpha value is -4.58. The summed E-state index contributed by atoms with van der Waals surface area (Å²) in [5, 5.41) is 0. The quantitative estimate of drug-likeness (QED) is 0.251. The first-order valence-electron chi connectivity index (χ1n) is 13.4. The molecule has 0 amide bonds. The Morgan fingerprint density at radius 2 is 1.63 bits per heavy atom. The summed E-state index contributed by atoms with van der Waals surface area (Å²) in [6.45, 7) is 7.06. The number of carbonyl (C=O) groups excluding carboxylic acids is 2. The number of thiazole rings is 1. The molecule has 1 aromatic heterocycles. The Morgan fingerprint density at radius 1 is 0.977 bits per heavy atom. The van der Waals surface area contributed by atoms with Gasteiger partial charge >= 0.3 is 11.9 Å². The van der Waals surface area contributed by atoms with E-state index in [4.69, 9.17) is 28.4 Å². The number of aromatic nitrogens is 1. The second-order valence-electron chi connectivity index (χ2n) is 10.0. The standard InChI is InChI=1S/C31H34N2O9S/c1-16(2)15-41-30(36)26-17(3)32-31-33(27(26)20-9-10-21(42-18(4)34)22(14-20)37-5)29(35)25(43-31)13-19-11-23(38-6)28(40-8)24(12-19)39-7/h9-14,16,27H,15H2,1-8H3/b25-13+/t27-/m1/s1. The van der Waals surface area contributed by atoms with Crippen molar-refractivity contribution in [3.8, 4) is 28.7 Å². The Bertz CT molecular complexity index is 1740. The van der Waals surface area contributed by atoms with Crippen LogP contribution in [-0.4, -0.2) is 51.6 Å². The van der Waals surface area contributed by atoms with Crippen LogP contribution in [-0.2, 0) is 14.3 Å². The Kier molecular flexibility index (Phi) is 9.59. The van der Waals surface area contributed by atoms with Crippen molar-refractivity contribution in [3.63, 3.8) is 0 Å². The predicted octanol–water partition coefficient (Wildman–Crippen LogP) is 3.39. The molecule has 0 saturated carbocycles. The molecule has 0 aliphatic carbocycles. The molecule has 0 fully saturated rings. The van der Waals surface area contributed by atoms with Crippen LogP contribution in [0.25, 0.3) is 6.08 Å². The molecule has 4 rings (SSSR count). The van der Waals surface area contributed by atoms with E-state index < -0.39 is 18.0 Å². The molecule has 11 nitrogen and oxygen atoms in total. The first-order chi connectivity index (χ1) is 20.5. The SMILES string of the molecule is COc1cc([C@@H]2C(C(=O)OCC(C)C)=C(C)N=c3s/c(=C/c4cc(OC)c(OC)c(OC)c4)c(=O)n32)ccc1OC(C)=O. The largest absolute Gasteiger partial charge is 0.493 e. The van der Waals surface area contributed by atoms with E-state index in [-0.39, 0.29) is 35.2 Å². The van der Waals surface area contributed by atoms with Crippen LogP contribution in [0.3, 0.4) is 0 Å². The molecule has 0 N–H and O–H groups in total. The molecule has 1 aliphatic heterocycles. The van der Waals surface area contributed by atoms with Gasteiger partial charge in [-0.1, -0.05) is 31.3 Å². The van der Waals surface area contributed by atoms with Crippen molar-refractivity contribution in [1.82, 2.24) is 4.57 Å². The molecule has 12 heteroatoms. The molecular formula is C31H34N2O9S. The van der Waals surface area contributed by atoms with Gasteiger partial charge in [0, 0.05) is 6.92 Å². The molecule has 43 heavy (non-hydrogen) atoms. The van der Waals surface area contributed by atoms with E-state index in [1.165, 1.54) is 51.3 Å². The van der Waals surface area contributed by atoms with Crippen molar-refractivity contribution in [1.29, 1.82) is 0 Å². The van der Waals surface area contributed by atoms with Crippen molar-refractivity contribution >= 4 is 29.4 Å². The zero-order chi connectivity index (χ0) is 31.4. The second kappa shape index (κ2) is 13.2. The number of hydrogen-bond donors (Lipinski definition) is 0. The van der Waals surface area contributed by atoms with Crippen LogP contribution in [0.2, 0.25) is 0 Å². The molecule has 0 unspecified atom stereocenters. The molecule has 0 bridgehead atoms. The van der Waals surface area contributed by atoms with Gasteiger partial charge in [0.2, 0.25) is 5.75 Å². The minimum atomic E-state index is -0.890. The molecule has 0 radical (unpaired) electrons. The van der Waals surface area contributed by atoms with Crippen LogP contribution in [0.1, 0.15) is 44.9 Å². The summed E-state index contributed by atoms with van der Waals surface area (Å²) in [6.07, 6.45) is 1.70. The van der Waals surface area contributed by atoms with Crippen molar-refractivity contribution < 1.29 is 38.0 Å². The predicted molar refractivity (Wildman–Crippen MR) is 160 cm³/mol. The van der Waals surface area contributed by atoms with Gasteiger partial charge in [-0.2, -0.15) is 0 Å². The summed E-state index contributed by atoms with van der Waals surface area (Å²) in [5.74, 6) is 0.770. The molecule has 1 atom stereocenters. The summed E-state index contributed by atoms with van der Waals surface area (Å²) in [5.41, 5.74) is 1.44. The highest BCUT2D eigenvalue weighted by molar-refractivity contribution is 7.07. The van der Waals surface area contributed by atoms with Crippen molar-refractivity contribution in [3.05, 3.63) is 72.4 Å². The summed E-state index contributed by atoms with van der Waals surface area (Å²) in [6, 6.07) is 7.45. The number of esters is 2. The maximum absolute atomic E-state index is 14.1. The van der Waals surface area contributed by atoms with Crippen LogP contribution in [0, 0.1) is 5.92 Å². The minimum absolute atomic E-state index is 0.103. The lowest BCUT2D eigenvalue weighted by Gasteiger charge is -2.25. The summed E-state index contributed by atoms with van der Waals surface area (Å²) < 4.78 is 34.6. The Labute approximate surface area is 252 Å². The third kappa shape index (κ3) is 6.43. The van der Waals surface area contributed by atoms with Crippen LogP contribution in [0.15, 0.2) is 51.4 Å². The van der Waals surface area contributed by atoms with E-state index in [2.05, 4.69) is 4.99 Å². The lowest BCUT2D eigenvalue weighted by Crippen LogP contribution is -2.40. The fraction of sp³-hybridized carbons (Fsp3) is 0.355. The normalized spacial score (nSPS) is 14.6. The highest BCUT2D eigenvalue weighted by Gasteiger charge is 2.34. The number of hydrogen-bond acceptors (Lipinski definition) is 11. The average Bonchev–Trinajstić information content (AvgIpc) is 3.28. The fourth-order valence-corrected chi connectivity index (χ4v) is 5.69. The summed E-state index contributed by atoms with van der Waals surface area (Å²) in [7, 11) is 5.98. The lowest BCUT2D eigenvalue weighted by atomic mass is 9.95. The van der Waals surface area contributed by atoms with E-state index >= 15 is 0 Å². The number of fused-ring (bicyclic) bond motifs is 1. The smallest absolute Gasteiger partial charge is 0.338 e. The summed E-state index contributed by atoms with van der Waals surface area (Å²) in [4.78, 5) is 44.2. The molecule has 228 valence electrons.